The highest BCUT2D eigenvalue weighted by Crippen LogP contribution is 2.28. The summed E-state index contributed by atoms with van der Waals surface area (Å²) in [5.41, 5.74) is 1.75. The molecule has 1 heterocycles. The second kappa shape index (κ2) is 5.03. The van der Waals surface area contributed by atoms with Crippen LogP contribution in [0, 0.1) is 5.82 Å². The molecule has 1 atom stereocenters. The highest BCUT2D eigenvalue weighted by Gasteiger charge is 2.26. The summed E-state index contributed by atoms with van der Waals surface area (Å²) in [6.07, 6.45) is 7.92. The Hall–Kier alpha value is -1.84. The van der Waals surface area contributed by atoms with Crippen LogP contribution in [0.4, 0.5) is 14.9 Å². The number of halogens is 1. The minimum absolute atomic E-state index is 0.107. The molecule has 4 heteroatoms. The van der Waals surface area contributed by atoms with Crippen molar-refractivity contribution in [1.29, 1.82) is 0 Å². The zero-order valence-corrected chi connectivity index (χ0v) is 10.7. The average Bonchev–Trinajstić information content (AvgIpc) is 2.82. The predicted molar refractivity (Wildman–Crippen MR) is 72.8 cm³/mol. The second-order valence-corrected chi connectivity index (χ2v) is 5.11. The molecule has 1 unspecified atom stereocenters. The minimum Gasteiger partial charge on any atom is -0.335 e. The lowest BCUT2D eigenvalue weighted by molar-refractivity contribution is 0.242. The lowest BCUT2D eigenvalue weighted by atomic mass is 10.0. The Balaban J connectivity index is 1.72. The fraction of sp³-hybridized carbons (Fsp3) is 0.400. The molecule has 1 aliphatic heterocycles. The molecule has 0 radical (unpaired) electrons. The second-order valence-electron chi connectivity index (χ2n) is 5.11. The van der Waals surface area contributed by atoms with E-state index in [9.17, 15) is 9.18 Å². The van der Waals surface area contributed by atoms with Crippen molar-refractivity contribution in [3.63, 3.8) is 0 Å². The first-order valence-corrected chi connectivity index (χ1v) is 6.75. The van der Waals surface area contributed by atoms with Gasteiger partial charge in [-0.3, -0.25) is 4.90 Å². The summed E-state index contributed by atoms with van der Waals surface area (Å²) < 4.78 is 13.3. The first-order valence-electron chi connectivity index (χ1n) is 6.75. The highest BCUT2D eigenvalue weighted by molar-refractivity contribution is 5.94. The monoisotopic (exact) mass is 260 g/mol. The van der Waals surface area contributed by atoms with Gasteiger partial charge >= 0.3 is 6.03 Å². The number of fused-ring (bicyclic) bond motifs is 1. The summed E-state index contributed by atoms with van der Waals surface area (Å²) in [5.74, 6) is -0.293. The third-order valence-corrected chi connectivity index (χ3v) is 3.78. The number of amides is 2. The molecule has 1 aromatic carbocycles. The third kappa shape index (κ3) is 2.48. The van der Waals surface area contributed by atoms with Gasteiger partial charge in [-0.2, -0.15) is 0 Å². The van der Waals surface area contributed by atoms with E-state index < -0.39 is 0 Å². The number of rotatable bonds is 1. The Labute approximate surface area is 112 Å². The Bertz CT molecular complexity index is 527. The standard InChI is InChI=1S/C15H17FN2O/c16-12-7-6-11-8-9-18(14(11)10-12)15(19)17-13-4-2-1-3-5-13/h1-2,6-7,10,13H,3-5,8-9H2,(H,17,19). The normalized spacial score (nSPS) is 21.3. The zero-order valence-electron chi connectivity index (χ0n) is 10.7. The van der Waals surface area contributed by atoms with Crippen LogP contribution < -0.4 is 10.2 Å². The van der Waals surface area contributed by atoms with Gasteiger partial charge in [0.25, 0.3) is 0 Å². The van der Waals surface area contributed by atoms with E-state index in [1.807, 2.05) is 0 Å². The lowest BCUT2D eigenvalue weighted by Gasteiger charge is -2.24. The summed E-state index contributed by atoms with van der Waals surface area (Å²) in [6.45, 7) is 0.632. The van der Waals surface area contributed by atoms with E-state index in [4.69, 9.17) is 0 Å². The quantitative estimate of drug-likeness (QED) is 0.773. The number of nitrogens with zero attached hydrogens (tertiary/aromatic N) is 1. The maximum absolute atomic E-state index is 13.3. The van der Waals surface area contributed by atoms with Gasteiger partial charge in [0.2, 0.25) is 0 Å². The Morgan fingerprint density at radius 3 is 3.05 bits per heavy atom. The largest absolute Gasteiger partial charge is 0.335 e. The zero-order chi connectivity index (χ0) is 13.2. The number of urea groups is 1. The fourth-order valence-electron chi connectivity index (χ4n) is 2.74. The predicted octanol–water partition coefficient (Wildman–Crippen LogP) is 3.01. The van der Waals surface area contributed by atoms with Gasteiger partial charge in [0, 0.05) is 12.6 Å². The van der Waals surface area contributed by atoms with Gasteiger partial charge in [-0.05, 0) is 43.4 Å². The maximum atomic E-state index is 13.3. The topological polar surface area (TPSA) is 32.3 Å². The summed E-state index contributed by atoms with van der Waals surface area (Å²) >= 11 is 0. The van der Waals surface area contributed by atoms with E-state index in [1.54, 1.807) is 11.0 Å². The van der Waals surface area contributed by atoms with Crippen LogP contribution in [-0.2, 0) is 6.42 Å². The van der Waals surface area contributed by atoms with Crippen molar-refractivity contribution in [2.45, 2.75) is 31.7 Å². The molecular formula is C15H17FN2O. The van der Waals surface area contributed by atoms with Crippen molar-refractivity contribution in [2.24, 2.45) is 0 Å². The van der Waals surface area contributed by atoms with E-state index >= 15 is 0 Å². The molecule has 0 saturated heterocycles. The van der Waals surface area contributed by atoms with Gasteiger partial charge in [0.05, 0.1) is 5.69 Å². The molecule has 1 aromatic rings. The molecule has 100 valence electrons. The summed E-state index contributed by atoms with van der Waals surface area (Å²) in [4.78, 5) is 13.9. The van der Waals surface area contributed by atoms with E-state index in [-0.39, 0.29) is 17.9 Å². The summed E-state index contributed by atoms with van der Waals surface area (Å²) in [5, 5.41) is 3.03. The molecular weight excluding hydrogens is 243 g/mol. The molecule has 2 aliphatic rings. The van der Waals surface area contributed by atoms with Crippen LogP contribution in [0.3, 0.4) is 0 Å². The van der Waals surface area contributed by atoms with Crippen molar-refractivity contribution in [1.82, 2.24) is 5.32 Å². The molecule has 1 N–H and O–H groups in total. The molecule has 0 fully saturated rings. The number of nitrogens with one attached hydrogen (secondary N) is 1. The molecule has 19 heavy (non-hydrogen) atoms. The molecule has 3 nitrogen and oxygen atoms in total. The number of carbonyl (C=O) groups excluding carboxylic acids is 1. The van der Waals surface area contributed by atoms with Crippen LogP contribution >= 0.6 is 0 Å². The van der Waals surface area contributed by atoms with Crippen LogP contribution in [0.25, 0.3) is 0 Å². The Kier molecular flexibility index (Phi) is 3.23. The van der Waals surface area contributed by atoms with Crippen LogP contribution in [0.1, 0.15) is 24.8 Å². The van der Waals surface area contributed by atoms with Crippen molar-refractivity contribution in [3.05, 3.63) is 41.7 Å². The number of carbonyl (C=O) groups is 1. The van der Waals surface area contributed by atoms with E-state index in [2.05, 4.69) is 17.5 Å². The Morgan fingerprint density at radius 2 is 2.26 bits per heavy atom. The van der Waals surface area contributed by atoms with E-state index in [1.165, 1.54) is 12.1 Å². The molecule has 3 rings (SSSR count). The van der Waals surface area contributed by atoms with Crippen LogP contribution in [0.5, 0.6) is 0 Å². The van der Waals surface area contributed by atoms with E-state index in [0.717, 1.165) is 31.2 Å². The molecule has 0 bridgehead atoms. The number of hydrogen-bond donors (Lipinski definition) is 1. The van der Waals surface area contributed by atoms with Crippen LogP contribution in [-0.4, -0.2) is 18.6 Å². The van der Waals surface area contributed by atoms with Gasteiger partial charge in [-0.15, -0.1) is 0 Å². The summed E-state index contributed by atoms with van der Waals surface area (Å²) in [7, 11) is 0. The molecule has 2 amide bonds. The number of benzene rings is 1. The first-order chi connectivity index (χ1) is 9.24. The van der Waals surface area contributed by atoms with Crippen molar-refractivity contribution >= 4 is 11.7 Å². The molecule has 1 aliphatic carbocycles. The minimum atomic E-state index is -0.293. The lowest BCUT2D eigenvalue weighted by Crippen LogP contribution is -2.44. The smallest absolute Gasteiger partial charge is 0.322 e. The number of hydrogen-bond acceptors (Lipinski definition) is 1. The number of anilines is 1. The van der Waals surface area contributed by atoms with Crippen LogP contribution in [0.15, 0.2) is 30.4 Å². The van der Waals surface area contributed by atoms with Gasteiger partial charge in [0.15, 0.2) is 0 Å². The van der Waals surface area contributed by atoms with Crippen molar-refractivity contribution in [3.8, 4) is 0 Å². The van der Waals surface area contributed by atoms with Gasteiger partial charge in [-0.1, -0.05) is 18.2 Å². The average molecular weight is 260 g/mol. The molecule has 0 aromatic heterocycles. The first kappa shape index (κ1) is 12.2. The molecule has 0 saturated carbocycles. The molecule has 0 spiro atoms. The summed E-state index contributed by atoms with van der Waals surface area (Å²) in [6, 6.07) is 4.76. The van der Waals surface area contributed by atoms with E-state index in [0.29, 0.717) is 12.2 Å². The maximum Gasteiger partial charge on any atom is 0.322 e. The SMILES string of the molecule is O=C(NC1CC=CCC1)N1CCc2ccc(F)cc21. The van der Waals surface area contributed by atoms with Crippen molar-refractivity contribution < 1.29 is 9.18 Å². The highest BCUT2D eigenvalue weighted by atomic mass is 19.1. The van der Waals surface area contributed by atoms with Gasteiger partial charge < -0.3 is 5.32 Å². The third-order valence-electron chi connectivity index (χ3n) is 3.78. The fourth-order valence-corrected chi connectivity index (χ4v) is 2.74. The van der Waals surface area contributed by atoms with Gasteiger partial charge in [0.1, 0.15) is 5.82 Å². The van der Waals surface area contributed by atoms with Crippen molar-refractivity contribution in [2.75, 3.05) is 11.4 Å². The number of allylic oxidation sites excluding steroid dienone is 1. The van der Waals surface area contributed by atoms with Gasteiger partial charge in [-0.25, -0.2) is 9.18 Å². The van der Waals surface area contributed by atoms with Crippen LogP contribution in [0.2, 0.25) is 0 Å². The Morgan fingerprint density at radius 1 is 1.37 bits per heavy atom.